The molecule has 1 aromatic carbocycles. The zero-order valence-corrected chi connectivity index (χ0v) is 11.1. The molecule has 2 rings (SSSR count). The molecule has 0 aliphatic heterocycles. The molecule has 94 valence electrons. The second-order valence-corrected chi connectivity index (χ2v) is 4.81. The van der Waals surface area contributed by atoms with Gasteiger partial charge in [-0.3, -0.25) is 0 Å². The third kappa shape index (κ3) is 2.32. The van der Waals surface area contributed by atoms with Gasteiger partial charge < -0.3 is 9.94 Å². The lowest BCUT2D eigenvalue weighted by molar-refractivity contribution is -0.135. The molecule has 0 amide bonds. The van der Waals surface area contributed by atoms with E-state index in [9.17, 15) is 4.79 Å². The van der Waals surface area contributed by atoms with Gasteiger partial charge in [0.05, 0.1) is 6.61 Å². The normalized spacial score (nSPS) is 11.8. The number of benzene rings is 1. The lowest BCUT2D eigenvalue weighted by Crippen LogP contribution is -2.18. The Morgan fingerprint density at radius 2 is 2.33 bits per heavy atom. The fraction of sp³-hybridized carbons (Fsp3) is 0.167. The van der Waals surface area contributed by atoms with Crippen LogP contribution in [-0.2, 0) is 9.53 Å². The molecule has 0 bridgehead atoms. The summed E-state index contributed by atoms with van der Waals surface area (Å²) in [5, 5.41) is 15.1. The number of halogens is 1. The van der Waals surface area contributed by atoms with Crippen LogP contribution in [0.15, 0.2) is 28.7 Å². The first-order valence-corrected chi connectivity index (χ1v) is 6.49. The van der Waals surface area contributed by atoms with E-state index in [-0.39, 0.29) is 12.3 Å². The number of fused-ring (bicyclic) bond motifs is 1. The van der Waals surface area contributed by atoms with Gasteiger partial charge in [-0.15, -0.1) is 11.3 Å². The van der Waals surface area contributed by atoms with E-state index >= 15 is 0 Å². The largest absolute Gasteiger partial charge is 0.461 e. The molecule has 0 aliphatic carbocycles. The molecule has 0 saturated heterocycles. The first-order chi connectivity index (χ1) is 8.67. The fourth-order valence-corrected chi connectivity index (χ4v) is 2.69. The third-order valence-corrected chi connectivity index (χ3v) is 3.56. The van der Waals surface area contributed by atoms with Crippen molar-refractivity contribution in [3.8, 4) is 0 Å². The SMILES string of the molecule is CCOC(=O)C(=NO)c1csc2ccc(Cl)cc12. The Morgan fingerprint density at radius 3 is 3.00 bits per heavy atom. The van der Waals surface area contributed by atoms with Crippen molar-refractivity contribution in [1.29, 1.82) is 0 Å². The maximum absolute atomic E-state index is 11.7. The molecule has 18 heavy (non-hydrogen) atoms. The maximum Gasteiger partial charge on any atom is 0.361 e. The Bertz CT molecular complexity index is 621. The number of hydrogen-bond donors (Lipinski definition) is 1. The van der Waals surface area contributed by atoms with Gasteiger partial charge in [0.25, 0.3) is 0 Å². The molecule has 0 fully saturated rings. The van der Waals surface area contributed by atoms with Gasteiger partial charge in [-0.2, -0.15) is 0 Å². The average molecular weight is 284 g/mol. The fourth-order valence-electron chi connectivity index (χ4n) is 1.59. The summed E-state index contributed by atoms with van der Waals surface area (Å²) in [5.74, 6) is -0.653. The number of thiophene rings is 1. The van der Waals surface area contributed by atoms with Crippen molar-refractivity contribution in [3.63, 3.8) is 0 Å². The van der Waals surface area contributed by atoms with Crippen LogP contribution in [0.1, 0.15) is 12.5 Å². The molecule has 0 spiro atoms. The van der Waals surface area contributed by atoms with E-state index in [1.165, 1.54) is 11.3 Å². The molecule has 1 N–H and O–H groups in total. The van der Waals surface area contributed by atoms with Crippen LogP contribution in [0.3, 0.4) is 0 Å². The number of rotatable bonds is 3. The number of carbonyl (C=O) groups excluding carboxylic acids is 1. The van der Waals surface area contributed by atoms with Gasteiger partial charge in [-0.25, -0.2) is 4.79 Å². The molecule has 0 radical (unpaired) electrons. The zero-order chi connectivity index (χ0) is 13.1. The highest BCUT2D eigenvalue weighted by molar-refractivity contribution is 7.17. The zero-order valence-electron chi connectivity index (χ0n) is 9.51. The Labute approximate surface area is 112 Å². The molecule has 6 heteroatoms. The molecule has 0 aliphatic rings. The summed E-state index contributed by atoms with van der Waals surface area (Å²) < 4.78 is 5.80. The van der Waals surface area contributed by atoms with E-state index < -0.39 is 5.97 Å². The van der Waals surface area contributed by atoms with Crippen molar-refractivity contribution >= 4 is 44.7 Å². The maximum atomic E-state index is 11.7. The van der Waals surface area contributed by atoms with Crippen molar-refractivity contribution in [2.45, 2.75) is 6.92 Å². The third-order valence-electron chi connectivity index (χ3n) is 2.36. The molecule has 2 aromatic rings. The molecule has 0 atom stereocenters. The number of ether oxygens (including phenoxy) is 1. The summed E-state index contributed by atoms with van der Waals surface area (Å²) in [4.78, 5) is 11.7. The van der Waals surface area contributed by atoms with Crippen LogP contribution in [0.5, 0.6) is 0 Å². The van der Waals surface area contributed by atoms with E-state index in [0.29, 0.717) is 10.6 Å². The molecule has 0 saturated carbocycles. The number of nitrogens with zero attached hydrogens (tertiary/aromatic N) is 1. The number of carbonyl (C=O) groups is 1. The predicted octanol–water partition coefficient (Wildman–Crippen LogP) is 3.30. The highest BCUT2D eigenvalue weighted by Gasteiger charge is 2.20. The smallest absolute Gasteiger partial charge is 0.361 e. The topological polar surface area (TPSA) is 58.9 Å². The first-order valence-electron chi connectivity index (χ1n) is 5.23. The quantitative estimate of drug-likeness (QED) is 0.407. The molecule has 1 heterocycles. The highest BCUT2D eigenvalue weighted by Crippen LogP contribution is 2.29. The molecular weight excluding hydrogens is 274 g/mol. The summed E-state index contributed by atoms with van der Waals surface area (Å²) >= 11 is 7.37. The van der Waals surface area contributed by atoms with Crippen LogP contribution in [0.4, 0.5) is 0 Å². The van der Waals surface area contributed by atoms with Gasteiger partial charge in [0.15, 0.2) is 5.71 Å². The molecule has 0 unspecified atom stereocenters. The lowest BCUT2D eigenvalue weighted by Gasteiger charge is -2.03. The Morgan fingerprint density at radius 1 is 1.56 bits per heavy atom. The summed E-state index contributed by atoms with van der Waals surface area (Å²) in [6.07, 6.45) is 0. The van der Waals surface area contributed by atoms with Crippen LogP contribution in [-0.4, -0.2) is 23.5 Å². The van der Waals surface area contributed by atoms with Crippen molar-refractivity contribution < 1.29 is 14.7 Å². The van der Waals surface area contributed by atoms with E-state index in [1.54, 1.807) is 24.4 Å². The van der Waals surface area contributed by atoms with Crippen LogP contribution in [0, 0.1) is 0 Å². The Kier molecular flexibility index (Phi) is 3.84. The lowest BCUT2D eigenvalue weighted by atomic mass is 10.1. The summed E-state index contributed by atoms with van der Waals surface area (Å²) in [7, 11) is 0. The number of esters is 1. The minimum atomic E-state index is -0.653. The summed E-state index contributed by atoms with van der Waals surface area (Å²) in [6.45, 7) is 1.91. The van der Waals surface area contributed by atoms with E-state index in [0.717, 1.165) is 10.1 Å². The number of oxime groups is 1. The highest BCUT2D eigenvalue weighted by atomic mass is 35.5. The standard InChI is InChI=1S/C12H10ClNO3S/c1-2-17-12(15)11(14-16)9-6-18-10-4-3-7(13)5-8(9)10/h3-6,16H,2H2,1H3. The van der Waals surface area contributed by atoms with Gasteiger partial charge >= 0.3 is 5.97 Å². The van der Waals surface area contributed by atoms with E-state index in [4.69, 9.17) is 21.5 Å². The summed E-state index contributed by atoms with van der Waals surface area (Å²) in [6, 6.07) is 5.35. The van der Waals surface area contributed by atoms with E-state index in [2.05, 4.69) is 5.16 Å². The predicted molar refractivity (Wildman–Crippen MR) is 71.8 cm³/mol. The first kappa shape index (κ1) is 12.9. The van der Waals surface area contributed by atoms with Crippen LogP contribution < -0.4 is 0 Å². The minimum Gasteiger partial charge on any atom is -0.461 e. The average Bonchev–Trinajstić information content (AvgIpc) is 2.74. The van der Waals surface area contributed by atoms with Crippen molar-refractivity contribution in [3.05, 3.63) is 34.2 Å². The van der Waals surface area contributed by atoms with Gasteiger partial charge in [0.1, 0.15) is 0 Å². The summed E-state index contributed by atoms with van der Waals surface area (Å²) in [5.41, 5.74) is 0.420. The van der Waals surface area contributed by atoms with Gasteiger partial charge in [0, 0.05) is 26.1 Å². The van der Waals surface area contributed by atoms with Crippen molar-refractivity contribution in [2.75, 3.05) is 6.61 Å². The minimum absolute atomic E-state index is 0.106. The second-order valence-electron chi connectivity index (χ2n) is 3.46. The molecule has 4 nitrogen and oxygen atoms in total. The van der Waals surface area contributed by atoms with Gasteiger partial charge in [0.2, 0.25) is 0 Å². The van der Waals surface area contributed by atoms with Crippen LogP contribution >= 0.6 is 22.9 Å². The molecule has 1 aromatic heterocycles. The second kappa shape index (κ2) is 5.37. The molecular formula is C12H10ClNO3S. The monoisotopic (exact) mass is 283 g/mol. The van der Waals surface area contributed by atoms with E-state index in [1.807, 2.05) is 6.07 Å². The Hall–Kier alpha value is -1.59. The van der Waals surface area contributed by atoms with Crippen LogP contribution in [0.25, 0.3) is 10.1 Å². The van der Waals surface area contributed by atoms with Crippen molar-refractivity contribution in [1.82, 2.24) is 0 Å². The Balaban J connectivity index is 2.52. The van der Waals surface area contributed by atoms with Crippen molar-refractivity contribution in [2.24, 2.45) is 5.16 Å². The van der Waals surface area contributed by atoms with Crippen LogP contribution in [0.2, 0.25) is 5.02 Å². The number of hydrogen-bond acceptors (Lipinski definition) is 5. The van der Waals surface area contributed by atoms with Gasteiger partial charge in [-0.05, 0) is 25.1 Å². The van der Waals surface area contributed by atoms with Gasteiger partial charge in [-0.1, -0.05) is 16.8 Å².